The Labute approximate surface area is 168 Å². The zero-order valence-corrected chi connectivity index (χ0v) is 17.3. The van der Waals surface area contributed by atoms with E-state index in [0.29, 0.717) is 17.6 Å². The maximum atomic E-state index is 5.56. The molecule has 1 aromatic carbocycles. The monoisotopic (exact) mass is 401 g/mol. The van der Waals surface area contributed by atoms with Crippen LogP contribution in [-0.4, -0.2) is 36.6 Å². The summed E-state index contributed by atoms with van der Waals surface area (Å²) in [5.74, 6) is 2.38. The van der Waals surface area contributed by atoms with Gasteiger partial charge in [-0.05, 0) is 43.7 Å². The Morgan fingerprint density at radius 1 is 1.07 bits per heavy atom. The summed E-state index contributed by atoms with van der Waals surface area (Å²) in [7, 11) is 0. The van der Waals surface area contributed by atoms with Crippen LogP contribution in [0.4, 0.5) is 0 Å². The molecule has 0 fully saturated rings. The van der Waals surface area contributed by atoms with Crippen molar-refractivity contribution in [2.75, 3.05) is 6.61 Å². The summed E-state index contributed by atoms with van der Waals surface area (Å²) in [5, 5.41) is 11.0. The fourth-order valence-corrected chi connectivity index (χ4v) is 3.99. The minimum absolute atomic E-state index is 0.466. The summed E-state index contributed by atoms with van der Waals surface area (Å²) >= 11 is 3.29. The summed E-state index contributed by atoms with van der Waals surface area (Å²) in [6.07, 6.45) is 4.57. The second-order valence-electron chi connectivity index (χ2n) is 5.82. The summed E-state index contributed by atoms with van der Waals surface area (Å²) in [6.45, 7) is 7.02. The number of thioether (sulfide) groups is 2. The molecule has 2 aromatic heterocycles. The third kappa shape index (κ3) is 5.23. The van der Waals surface area contributed by atoms with E-state index < -0.39 is 0 Å². The molecule has 0 saturated carbocycles. The Bertz CT molecular complexity index is 839. The minimum Gasteiger partial charge on any atom is -0.494 e. The van der Waals surface area contributed by atoms with Crippen LogP contribution in [0.1, 0.15) is 33.0 Å². The lowest BCUT2D eigenvalue weighted by atomic mass is 10.3. The molecular weight excluding hydrogens is 378 g/mol. The number of ether oxygens (including phenoxy) is 1. The number of nitrogens with zero attached hydrogens (tertiary/aromatic N) is 5. The summed E-state index contributed by atoms with van der Waals surface area (Å²) in [4.78, 5) is 8.54. The number of aromatic nitrogens is 5. The second kappa shape index (κ2) is 9.75. The van der Waals surface area contributed by atoms with Crippen LogP contribution >= 0.6 is 23.5 Å². The van der Waals surface area contributed by atoms with E-state index in [9.17, 15) is 0 Å². The van der Waals surface area contributed by atoms with E-state index in [1.807, 2.05) is 37.3 Å². The van der Waals surface area contributed by atoms with Gasteiger partial charge < -0.3 is 4.74 Å². The molecular formula is C19H23N5OS2. The first-order valence-electron chi connectivity index (χ1n) is 8.95. The van der Waals surface area contributed by atoms with Crippen LogP contribution in [0.3, 0.4) is 0 Å². The van der Waals surface area contributed by atoms with Crippen molar-refractivity contribution in [2.24, 2.45) is 0 Å². The fraction of sp³-hybridized carbons (Fsp3) is 0.368. The Morgan fingerprint density at radius 2 is 1.81 bits per heavy atom. The van der Waals surface area contributed by atoms with E-state index in [1.54, 1.807) is 35.9 Å². The van der Waals surface area contributed by atoms with Gasteiger partial charge in [-0.15, -0.1) is 10.2 Å². The van der Waals surface area contributed by atoms with E-state index in [-0.39, 0.29) is 0 Å². The van der Waals surface area contributed by atoms with Crippen molar-refractivity contribution in [3.8, 4) is 11.4 Å². The van der Waals surface area contributed by atoms with Crippen molar-refractivity contribution < 1.29 is 4.74 Å². The molecule has 0 aliphatic heterocycles. The zero-order chi connectivity index (χ0) is 19.1. The Morgan fingerprint density at radius 3 is 2.48 bits per heavy atom. The van der Waals surface area contributed by atoms with E-state index in [0.717, 1.165) is 34.0 Å². The van der Waals surface area contributed by atoms with Crippen molar-refractivity contribution in [1.82, 2.24) is 24.7 Å². The first kappa shape index (κ1) is 19.7. The van der Waals surface area contributed by atoms with Gasteiger partial charge in [0.15, 0.2) is 10.3 Å². The number of rotatable bonds is 9. The van der Waals surface area contributed by atoms with Crippen LogP contribution in [0.15, 0.2) is 53.0 Å². The van der Waals surface area contributed by atoms with Gasteiger partial charge in [0.2, 0.25) is 0 Å². The summed E-state index contributed by atoms with van der Waals surface area (Å²) < 4.78 is 7.67. The van der Waals surface area contributed by atoms with Gasteiger partial charge in [-0.1, -0.05) is 37.4 Å². The average molecular weight is 402 g/mol. The standard InChI is InChI=1S/C19H23N5OS2/c1-4-14(3)27-19-23-22-17(13-26-18-20-11-6-12-21-18)24(19)15-7-9-16(10-8-15)25-5-2/h6-12,14H,4-5,13H2,1-3H3. The van der Waals surface area contributed by atoms with Gasteiger partial charge in [0.05, 0.1) is 12.4 Å². The first-order valence-corrected chi connectivity index (χ1v) is 10.8. The van der Waals surface area contributed by atoms with Crippen LogP contribution in [0, 0.1) is 0 Å². The maximum Gasteiger partial charge on any atom is 0.196 e. The van der Waals surface area contributed by atoms with Crippen molar-refractivity contribution in [2.45, 2.75) is 48.5 Å². The van der Waals surface area contributed by atoms with Gasteiger partial charge in [-0.2, -0.15) is 0 Å². The molecule has 0 N–H and O–H groups in total. The highest BCUT2D eigenvalue weighted by atomic mass is 32.2. The molecule has 3 aromatic rings. The minimum atomic E-state index is 0.466. The quantitative estimate of drug-likeness (QED) is 0.382. The van der Waals surface area contributed by atoms with Crippen molar-refractivity contribution in [1.29, 1.82) is 0 Å². The Kier molecular flexibility index (Phi) is 7.11. The SMILES string of the molecule is CCOc1ccc(-n2c(CSc3ncccn3)nnc2SC(C)CC)cc1. The summed E-state index contributed by atoms with van der Waals surface area (Å²) in [6, 6.07) is 9.86. The van der Waals surface area contributed by atoms with Crippen molar-refractivity contribution in [3.05, 3.63) is 48.5 Å². The molecule has 0 amide bonds. The van der Waals surface area contributed by atoms with Gasteiger partial charge in [-0.25, -0.2) is 9.97 Å². The highest BCUT2D eigenvalue weighted by Crippen LogP contribution is 2.29. The molecule has 2 heterocycles. The van der Waals surface area contributed by atoms with Gasteiger partial charge in [-0.3, -0.25) is 4.57 Å². The zero-order valence-electron chi connectivity index (χ0n) is 15.7. The number of hydrogen-bond donors (Lipinski definition) is 0. The van der Waals surface area contributed by atoms with E-state index in [2.05, 4.69) is 38.6 Å². The molecule has 0 aliphatic rings. The highest BCUT2D eigenvalue weighted by Gasteiger charge is 2.17. The lowest BCUT2D eigenvalue weighted by Crippen LogP contribution is -2.04. The molecule has 6 nitrogen and oxygen atoms in total. The van der Waals surface area contributed by atoms with Gasteiger partial charge >= 0.3 is 0 Å². The molecule has 0 bridgehead atoms. The second-order valence-corrected chi connectivity index (χ2v) is 8.17. The van der Waals surface area contributed by atoms with Gasteiger partial charge in [0.1, 0.15) is 11.6 Å². The number of benzene rings is 1. The van der Waals surface area contributed by atoms with Crippen molar-refractivity contribution >= 4 is 23.5 Å². The van der Waals surface area contributed by atoms with Crippen LogP contribution < -0.4 is 4.74 Å². The average Bonchev–Trinajstić information content (AvgIpc) is 3.10. The first-order chi connectivity index (χ1) is 13.2. The normalized spacial score (nSPS) is 12.1. The molecule has 142 valence electrons. The predicted molar refractivity (Wildman–Crippen MR) is 110 cm³/mol. The molecule has 0 radical (unpaired) electrons. The molecule has 0 aliphatic carbocycles. The third-order valence-corrected chi connectivity index (χ3v) is 5.94. The lowest BCUT2D eigenvalue weighted by molar-refractivity contribution is 0.340. The smallest absolute Gasteiger partial charge is 0.196 e. The largest absolute Gasteiger partial charge is 0.494 e. The molecule has 1 unspecified atom stereocenters. The Hall–Kier alpha value is -2.06. The lowest BCUT2D eigenvalue weighted by Gasteiger charge is -2.13. The van der Waals surface area contributed by atoms with E-state index in [1.165, 1.54) is 0 Å². The number of hydrogen-bond acceptors (Lipinski definition) is 7. The van der Waals surface area contributed by atoms with E-state index >= 15 is 0 Å². The molecule has 27 heavy (non-hydrogen) atoms. The van der Waals surface area contributed by atoms with Gasteiger partial charge in [0, 0.05) is 23.3 Å². The molecule has 1 atom stereocenters. The third-order valence-electron chi connectivity index (χ3n) is 3.86. The molecule has 0 spiro atoms. The predicted octanol–water partition coefficient (Wildman–Crippen LogP) is 4.64. The summed E-state index contributed by atoms with van der Waals surface area (Å²) in [5.41, 5.74) is 1.03. The van der Waals surface area contributed by atoms with Crippen molar-refractivity contribution in [3.63, 3.8) is 0 Å². The highest BCUT2D eigenvalue weighted by molar-refractivity contribution is 7.99. The topological polar surface area (TPSA) is 65.7 Å². The van der Waals surface area contributed by atoms with E-state index in [4.69, 9.17) is 4.74 Å². The molecule has 0 saturated heterocycles. The van der Waals surface area contributed by atoms with Gasteiger partial charge in [0.25, 0.3) is 0 Å². The van der Waals surface area contributed by atoms with Crippen LogP contribution in [0.5, 0.6) is 5.75 Å². The molecule has 8 heteroatoms. The maximum absolute atomic E-state index is 5.56. The Balaban J connectivity index is 1.88. The van der Waals surface area contributed by atoms with Crippen LogP contribution in [0.25, 0.3) is 5.69 Å². The molecule has 3 rings (SSSR count). The van der Waals surface area contributed by atoms with Crippen LogP contribution in [-0.2, 0) is 5.75 Å². The fourth-order valence-electron chi connectivity index (χ4n) is 2.34. The van der Waals surface area contributed by atoms with Crippen LogP contribution in [0.2, 0.25) is 0 Å².